The number of rotatable bonds is 5. The highest BCUT2D eigenvalue weighted by Gasteiger charge is 2.16. The number of benzene rings is 1. The maximum Gasteiger partial charge on any atom is 0.251 e. The van der Waals surface area contributed by atoms with Crippen LogP contribution in [0.15, 0.2) is 30.6 Å². The van der Waals surface area contributed by atoms with Crippen LogP contribution in [0.4, 0.5) is 5.69 Å². The van der Waals surface area contributed by atoms with Crippen molar-refractivity contribution in [3.05, 3.63) is 42.0 Å². The number of H-pyrrole nitrogens is 1. The van der Waals surface area contributed by atoms with Gasteiger partial charge in [0, 0.05) is 18.0 Å². The van der Waals surface area contributed by atoms with Crippen LogP contribution in [0, 0.1) is 0 Å². The molecule has 2 aromatic rings. The van der Waals surface area contributed by atoms with Crippen molar-refractivity contribution in [3.8, 4) is 5.75 Å². The molecular weight excluding hydrogens is 256 g/mol. The summed E-state index contributed by atoms with van der Waals surface area (Å²) < 4.78 is 5.07. The van der Waals surface area contributed by atoms with Crippen molar-refractivity contribution in [2.75, 3.05) is 12.8 Å². The largest absolute Gasteiger partial charge is 0.495 e. The zero-order valence-corrected chi connectivity index (χ0v) is 11.5. The lowest BCUT2D eigenvalue weighted by Gasteiger charge is -2.15. The molecule has 0 aliphatic carbocycles. The summed E-state index contributed by atoms with van der Waals surface area (Å²) in [5.41, 5.74) is 6.73. The van der Waals surface area contributed by atoms with Crippen LogP contribution in [0.25, 0.3) is 0 Å². The van der Waals surface area contributed by atoms with E-state index in [1.165, 1.54) is 7.11 Å². The molecule has 0 aliphatic rings. The van der Waals surface area contributed by atoms with Gasteiger partial charge in [-0.15, -0.1) is 0 Å². The third-order valence-electron chi connectivity index (χ3n) is 3.05. The summed E-state index contributed by atoms with van der Waals surface area (Å²) >= 11 is 0. The molecule has 0 bridgehead atoms. The lowest BCUT2D eigenvalue weighted by molar-refractivity contribution is 0.0934. The summed E-state index contributed by atoms with van der Waals surface area (Å²) in [5.74, 6) is 1.10. The minimum atomic E-state index is -0.192. The summed E-state index contributed by atoms with van der Waals surface area (Å²) in [6, 6.07) is 4.81. The molecule has 6 nitrogen and oxygen atoms in total. The van der Waals surface area contributed by atoms with Gasteiger partial charge in [0.15, 0.2) is 0 Å². The topological polar surface area (TPSA) is 93.0 Å². The van der Waals surface area contributed by atoms with Crippen molar-refractivity contribution in [1.29, 1.82) is 0 Å². The molecule has 1 heterocycles. The van der Waals surface area contributed by atoms with E-state index >= 15 is 0 Å². The molecule has 2 rings (SSSR count). The van der Waals surface area contributed by atoms with Crippen LogP contribution in [0.3, 0.4) is 0 Å². The smallest absolute Gasteiger partial charge is 0.251 e. The lowest BCUT2D eigenvalue weighted by atomic mass is 10.1. The van der Waals surface area contributed by atoms with Crippen molar-refractivity contribution in [2.45, 2.75) is 19.4 Å². The zero-order valence-electron chi connectivity index (χ0n) is 11.5. The van der Waals surface area contributed by atoms with Crippen molar-refractivity contribution in [3.63, 3.8) is 0 Å². The third-order valence-corrected chi connectivity index (χ3v) is 3.05. The molecule has 6 heteroatoms. The van der Waals surface area contributed by atoms with E-state index in [0.29, 0.717) is 17.0 Å². The Hall–Kier alpha value is -2.50. The molecule has 20 heavy (non-hydrogen) atoms. The van der Waals surface area contributed by atoms with Gasteiger partial charge in [0.25, 0.3) is 5.91 Å². The summed E-state index contributed by atoms with van der Waals surface area (Å²) in [6.07, 6.45) is 4.13. The first-order chi connectivity index (χ1) is 9.65. The number of nitrogens with two attached hydrogens (primary N) is 1. The molecule has 1 aromatic heterocycles. The number of imidazole rings is 1. The van der Waals surface area contributed by atoms with Crippen molar-refractivity contribution < 1.29 is 9.53 Å². The quantitative estimate of drug-likeness (QED) is 0.726. The summed E-state index contributed by atoms with van der Waals surface area (Å²) in [7, 11) is 1.54. The number of methoxy groups -OCH3 is 1. The van der Waals surface area contributed by atoms with Gasteiger partial charge in [0.1, 0.15) is 11.6 Å². The second-order valence-corrected chi connectivity index (χ2v) is 4.37. The second kappa shape index (κ2) is 6.10. The number of carbonyl (C=O) groups is 1. The molecule has 0 spiro atoms. The van der Waals surface area contributed by atoms with E-state index in [9.17, 15) is 4.79 Å². The molecule has 0 radical (unpaired) electrons. The minimum absolute atomic E-state index is 0.152. The monoisotopic (exact) mass is 274 g/mol. The minimum Gasteiger partial charge on any atom is -0.495 e. The molecule has 0 aliphatic heterocycles. The molecule has 1 aromatic carbocycles. The number of hydrogen-bond donors (Lipinski definition) is 3. The van der Waals surface area contributed by atoms with E-state index in [1.54, 1.807) is 30.6 Å². The van der Waals surface area contributed by atoms with Gasteiger partial charge in [-0.25, -0.2) is 4.98 Å². The van der Waals surface area contributed by atoms with Gasteiger partial charge < -0.3 is 20.8 Å². The number of ether oxygens (including phenoxy) is 1. The first kappa shape index (κ1) is 13.9. The Morgan fingerprint density at radius 2 is 2.35 bits per heavy atom. The Morgan fingerprint density at radius 1 is 1.55 bits per heavy atom. The number of amides is 1. The van der Waals surface area contributed by atoms with Gasteiger partial charge in [-0.1, -0.05) is 6.92 Å². The maximum absolute atomic E-state index is 12.2. The fourth-order valence-electron chi connectivity index (χ4n) is 1.95. The SMILES string of the molecule is CCC(NC(=O)c1ccc(OC)c(N)c1)c1ncc[nH]1. The normalized spacial score (nSPS) is 11.9. The molecule has 0 fully saturated rings. The highest BCUT2D eigenvalue weighted by atomic mass is 16.5. The summed E-state index contributed by atoms with van der Waals surface area (Å²) in [6.45, 7) is 1.98. The van der Waals surface area contributed by atoms with Gasteiger partial charge in [0.05, 0.1) is 18.8 Å². The molecule has 1 unspecified atom stereocenters. The van der Waals surface area contributed by atoms with Gasteiger partial charge in [-0.05, 0) is 24.6 Å². The number of nitrogens with zero attached hydrogens (tertiary/aromatic N) is 1. The predicted molar refractivity (Wildman–Crippen MR) is 76.5 cm³/mol. The number of anilines is 1. The summed E-state index contributed by atoms with van der Waals surface area (Å²) in [5, 5.41) is 2.92. The standard InChI is InChI=1S/C14H18N4O2/c1-3-11(13-16-6-7-17-13)18-14(19)9-4-5-12(20-2)10(15)8-9/h4-8,11H,3,15H2,1-2H3,(H,16,17)(H,18,19). The first-order valence-corrected chi connectivity index (χ1v) is 6.39. The average molecular weight is 274 g/mol. The van der Waals surface area contributed by atoms with Gasteiger partial charge in [-0.3, -0.25) is 4.79 Å². The van der Waals surface area contributed by atoms with Crippen molar-refractivity contribution >= 4 is 11.6 Å². The predicted octanol–water partition coefficient (Wildman–Crippen LogP) is 1.88. The van der Waals surface area contributed by atoms with Gasteiger partial charge in [-0.2, -0.15) is 0 Å². The van der Waals surface area contributed by atoms with E-state index in [2.05, 4.69) is 15.3 Å². The van der Waals surface area contributed by atoms with Crippen LogP contribution < -0.4 is 15.8 Å². The van der Waals surface area contributed by atoms with Crippen LogP contribution in [-0.2, 0) is 0 Å². The third kappa shape index (κ3) is 2.90. The number of aromatic nitrogens is 2. The summed E-state index contributed by atoms with van der Waals surface area (Å²) in [4.78, 5) is 19.4. The number of nitrogens with one attached hydrogen (secondary N) is 2. The second-order valence-electron chi connectivity index (χ2n) is 4.37. The van der Waals surface area contributed by atoms with Crippen LogP contribution in [0.5, 0.6) is 5.75 Å². The molecule has 106 valence electrons. The lowest BCUT2D eigenvalue weighted by Crippen LogP contribution is -2.28. The molecule has 0 saturated heterocycles. The zero-order chi connectivity index (χ0) is 14.5. The molecular formula is C14H18N4O2. The van der Waals surface area contributed by atoms with E-state index in [1.807, 2.05) is 6.92 Å². The van der Waals surface area contributed by atoms with E-state index in [-0.39, 0.29) is 11.9 Å². The maximum atomic E-state index is 12.2. The fourth-order valence-corrected chi connectivity index (χ4v) is 1.95. The van der Waals surface area contributed by atoms with Gasteiger partial charge >= 0.3 is 0 Å². The van der Waals surface area contributed by atoms with E-state index < -0.39 is 0 Å². The van der Waals surface area contributed by atoms with E-state index in [0.717, 1.165) is 12.2 Å². The van der Waals surface area contributed by atoms with Gasteiger partial charge in [0.2, 0.25) is 0 Å². The van der Waals surface area contributed by atoms with Crippen LogP contribution in [0.1, 0.15) is 35.6 Å². The van der Waals surface area contributed by atoms with Crippen LogP contribution in [-0.4, -0.2) is 23.0 Å². The number of carbonyl (C=O) groups excluding carboxylic acids is 1. The number of aromatic amines is 1. The fraction of sp³-hybridized carbons (Fsp3) is 0.286. The molecule has 1 atom stereocenters. The first-order valence-electron chi connectivity index (χ1n) is 6.39. The van der Waals surface area contributed by atoms with Crippen molar-refractivity contribution in [1.82, 2.24) is 15.3 Å². The van der Waals surface area contributed by atoms with Crippen LogP contribution >= 0.6 is 0 Å². The van der Waals surface area contributed by atoms with Crippen LogP contribution in [0.2, 0.25) is 0 Å². The molecule has 4 N–H and O–H groups in total. The Labute approximate surface area is 117 Å². The number of nitrogen functional groups attached to an aromatic ring is 1. The Bertz CT molecular complexity index is 581. The Balaban J connectivity index is 2.13. The average Bonchev–Trinajstić information content (AvgIpc) is 2.98. The molecule has 0 saturated carbocycles. The Kier molecular flexibility index (Phi) is 4.24. The Morgan fingerprint density at radius 3 is 2.90 bits per heavy atom. The highest BCUT2D eigenvalue weighted by Crippen LogP contribution is 2.22. The highest BCUT2D eigenvalue weighted by molar-refractivity contribution is 5.95. The van der Waals surface area contributed by atoms with E-state index in [4.69, 9.17) is 10.5 Å². The van der Waals surface area contributed by atoms with Crippen molar-refractivity contribution in [2.24, 2.45) is 0 Å². The molecule has 1 amide bonds. The number of hydrogen-bond acceptors (Lipinski definition) is 4.